The Bertz CT molecular complexity index is 312. The number of hydrogen-bond donors (Lipinski definition) is 2. The van der Waals surface area contributed by atoms with Crippen LogP contribution in [0.4, 0.5) is 5.69 Å². The molecule has 0 aliphatic rings. The number of aryl methyl sites for hydroxylation is 1. The monoisotopic (exact) mass is 193 g/mol. The minimum absolute atomic E-state index is 0.0424. The third kappa shape index (κ3) is 3.53. The van der Waals surface area contributed by atoms with Gasteiger partial charge in [-0.1, -0.05) is 6.92 Å². The minimum atomic E-state index is -0.0424. The molecule has 0 spiro atoms. The van der Waals surface area contributed by atoms with E-state index < -0.39 is 0 Å². The van der Waals surface area contributed by atoms with Crippen molar-refractivity contribution in [3.63, 3.8) is 0 Å². The molecular formula is C10H15N3O. The number of rotatable bonds is 4. The molecule has 0 aliphatic carbocycles. The molecule has 0 atom stereocenters. The van der Waals surface area contributed by atoms with Crippen molar-refractivity contribution in [2.75, 3.05) is 18.4 Å². The lowest BCUT2D eigenvalue weighted by molar-refractivity contribution is -0.115. The number of carbonyl (C=O) groups is 1. The Morgan fingerprint density at radius 2 is 2.29 bits per heavy atom. The highest BCUT2D eigenvalue weighted by molar-refractivity contribution is 5.92. The second-order valence-electron chi connectivity index (χ2n) is 3.08. The van der Waals surface area contributed by atoms with Crippen LogP contribution in [0.3, 0.4) is 0 Å². The van der Waals surface area contributed by atoms with Crippen molar-refractivity contribution in [3.05, 3.63) is 24.0 Å². The standard InChI is InChI=1S/C10H15N3O/c1-3-11-7-10(14)13-9-4-8(2)5-12-6-9/h4-6,11H,3,7H2,1-2H3,(H,13,14). The van der Waals surface area contributed by atoms with Gasteiger partial charge in [-0.15, -0.1) is 0 Å². The van der Waals surface area contributed by atoms with Gasteiger partial charge < -0.3 is 10.6 Å². The van der Waals surface area contributed by atoms with Crippen LogP contribution in [-0.4, -0.2) is 24.0 Å². The van der Waals surface area contributed by atoms with Gasteiger partial charge in [0.25, 0.3) is 0 Å². The van der Waals surface area contributed by atoms with Crippen LogP contribution in [-0.2, 0) is 4.79 Å². The highest BCUT2D eigenvalue weighted by Gasteiger charge is 2.00. The summed E-state index contributed by atoms with van der Waals surface area (Å²) in [7, 11) is 0. The van der Waals surface area contributed by atoms with Crippen LogP contribution >= 0.6 is 0 Å². The molecule has 1 rings (SSSR count). The van der Waals surface area contributed by atoms with Gasteiger partial charge in [0.05, 0.1) is 18.4 Å². The Hall–Kier alpha value is -1.42. The second-order valence-corrected chi connectivity index (χ2v) is 3.08. The predicted molar refractivity (Wildman–Crippen MR) is 56.1 cm³/mol. The second kappa shape index (κ2) is 5.34. The van der Waals surface area contributed by atoms with Crippen molar-refractivity contribution in [2.24, 2.45) is 0 Å². The van der Waals surface area contributed by atoms with Crippen LogP contribution in [0.25, 0.3) is 0 Å². The van der Waals surface area contributed by atoms with Crippen molar-refractivity contribution in [1.82, 2.24) is 10.3 Å². The number of anilines is 1. The fourth-order valence-corrected chi connectivity index (χ4v) is 1.07. The van der Waals surface area contributed by atoms with Crippen molar-refractivity contribution < 1.29 is 4.79 Å². The number of hydrogen-bond acceptors (Lipinski definition) is 3. The zero-order valence-corrected chi connectivity index (χ0v) is 8.50. The predicted octanol–water partition coefficient (Wildman–Crippen LogP) is 0.938. The summed E-state index contributed by atoms with van der Waals surface area (Å²) in [6.07, 6.45) is 3.39. The highest BCUT2D eigenvalue weighted by atomic mass is 16.1. The third-order valence-corrected chi connectivity index (χ3v) is 1.69. The van der Waals surface area contributed by atoms with Gasteiger partial charge >= 0.3 is 0 Å². The largest absolute Gasteiger partial charge is 0.324 e. The van der Waals surface area contributed by atoms with Gasteiger partial charge in [-0.2, -0.15) is 0 Å². The third-order valence-electron chi connectivity index (χ3n) is 1.69. The number of carbonyl (C=O) groups excluding carboxylic acids is 1. The zero-order valence-electron chi connectivity index (χ0n) is 8.50. The van der Waals surface area contributed by atoms with Gasteiger partial charge in [0.15, 0.2) is 0 Å². The van der Waals surface area contributed by atoms with Gasteiger partial charge in [-0.3, -0.25) is 9.78 Å². The summed E-state index contributed by atoms with van der Waals surface area (Å²) < 4.78 is 0. The molecule has 0 fully saturated rings. The summed E-state index contributed by atoms with van der Waals surface area (Å²) in [5.41, 5.74) is 1.78. The van der Waals surface area contributed by atoms with E-state index in [0.717, 1.165) is 17.8 Å². The molecule has 1 heterocycles. The molecule has 4 nitrogen and oxygen atoms in total. The van der Waals surface area contributed by atoms with E-state index in [9.17, 15) is 4.79 Å². The Morgan fingerprint density at radius 3 is 2.93 bits per heavy atom. The van der Waals surface area contributed by atoms with E-state index in [4.69, 9.17) is 0 Å². The number of nitrogens with zero attached hydrogens (tertiary/aromatic N) is 1. The van der Waals surface area contributed by atoms with E-state index in [-0.39, 0.29) is 5.91 Å². The molecule has 0 bridgehead atoms. The fraction of sp³-hybridized carbons (Fsp3) is 0.400. The van der Waals surface area contributed by atoms with E-state index in [2.05, 4.69) is 15.6 Å². The van der Waals surface area contributed by atoms with Crippen LogP contribution in [0, 0.1) is 6.92 Å². The molecule has 4 heteroatoms. The molecule has 0 saturated heterocycles. The summed E-state index contributed by atoms with van der Waals surface area (Å²) in [5.74, 6) is -0.0424. The minimum Gasteiger partial charge on any atom is -0.324 e. The van der Waals surface area contributed by atoms with Crippen LogP contribution < -0.4 is 10.6 Å². The molecule has 0 aliphatic heterocycles. The molecular weight excluding hydrogens is 178 g/mol. The maximum atomic E-state index is 11.3. The van der Waals surface area contributed by atoms with Crippen LogP contribution in [0.1, 0.15) is 12.5 Å². The average Bonchev–Trinajstić information content (AvgIpc) is 2.15. The summed E-state index contributed by atoms with van der Waals surface area (Å²) in [5, 5.41) is 5.70. The number of aromatic nitrogens is 1. The van der Waals surface area contributed by atoms with E-state index in [1.165, 1.54) is 0 Å². The molecule has 1 aromatic heterocycles. The van der Waals surface area contributed by atoms with E-state index in [0.29, 0.717) is 6.54 Å². The first-order valence-corrected chi connectivity index (χ1v) is 4.64. The Labute approximate surface area is 83.7 Å². The first kappa shape index (κ1) is 10.7. The summed E-state index contributed by atoms with van der Waals surface area (Å²) in [6, 6.07) is 1.89. The Kier molecular flexibility index (Phi) is 4.07. The van der Waals surface area contributed by atoms with E-state index in [1.54, 1.807) is 12.4 Å². The maximum Gasteiger partial charge on any atom is 0.238 e. The molecule has 0 radical (unpaired) electrons. The first-order chi connectivity index (χ1) is 6.72. The van der Waals surface area contributed by atoms with Crippen LogP contribution in [0.2, 0.25) is 0 Å². The lowest BCUT2D eigenvalue weighted by Gasteiger charge is -2.05. The Balaban J connectivity index is 2.47. The number of nitrogens with one attached hydrogen (secondary N) is 2. The lowest BCUT2D eigenvalue weighted by atomic mass is 10.3. The quantitative estimate of drug-likeness (QED) is 0.748. The van der Waals surface area contributed by atoms with Crippen molar-refractivity contribution in [2.45, 2.75) is 13.8 Å². The van der Waals surface area contributed by atoms with E-state index >= 15 is 0 Å². The normalized spacial score (nSPS) is 9.86. The molecule has 0 unspecified atom stereocenters. The van der Waals surface area contributed by atoms with Gasteiger partial charge in [0, 0.05) is 6.20 Å². The van der Waals surface area contributed by atoms with Gasteiger partial charge in [0.1, 0.15) is 0 Å². The van der Waals surface area contributed by atoms with Gasteiger partial charge in [0.2, 0.25) is 5.91 Å². The van der Waals surface area contributed by atoms with Crippen molar-refractivity contribution in [3.8, 4) is 0 Å². The Morgan fingerprint density at radius 1 is 1.50 bits per heavy atom. The van der Waals surface area contributed by atoms with Crippen molar-refractivity contribution >= 4 is 11.6 Å². The van der Waals surface area contributed by atoms with Crippen LogP contribution in [0.15, 0.2) is 18.5 Å². The van der Waals surface area contributed by atoms with Crippen molar-refractivity contribution in [1.29, 1.82) is 0 Å². The summed E-state index contributed by atoms with van der Waals surface area (Å²) >= 11 is 0. The molecule has 76 valence electrons. The molecule has 1 aromatic rings. The zero-order chi connectivity index (χ0) is 10.4. The molecule has 0 aromatic carbocycles. The van der Waals surface area contributed by atoms with Gasteiger partial charge in [-0.05, 0) is 25.1 Å². The number of pyridine rings is 1. The SMILES string of the molecule is CCNCC(=O)Nc1cncc(C)c1. The smallest absolute Gasteiger partial charge is 0.238 e. The first-order valence-electron chi connectivity index (χ1n) is 4.64. The molecule has 0 saturated carbocycles. The fourth-order valence-electron chi connectivity index (χ4n) is 1.07. The number of likely N-dealkylation sites (N-methyl/N-ethyl adjacent to an activating group) is 1. The molecule has 2 N–H and O–H groups in total. The highest BCUT2D eigenvalue weighted by Crippen LogP contribution is 2.06. The van der Waals surface area contributed by atoms with E-state index in [1.807, 2.05) is 19.9 Å². The average molecular weight is 193 g/mol. The molecule has 14 heavy (non-hydrogen) atoms. The topological polar surface area (TPSA) is 54.0 Å². The lowest BCUT2D eigenvalue weighted by Crippen LogP contribution is -2.27. The van der Waals surface area contributed by atoms with Crippen LogP contribution in [0.5, 0.6) is 0 Å². The number of amides is 1. The summed E-state index contributed by atoms with van der Waals surface area (Å²) in [6.45, 7) is 5.03. The maximum absolute atomic E-state index is 11.3. The summed E-state index contributed by atoms with van der Waals surface area (Å²) in [4.78, 5) is 15.3. The van der Waals surface area contributed by atoms with Gasteiger partial charge in [-0.25, -0.2) is 0 Å². The molecule has 1 amide bonds.